The Kier molecular flexibility index (Phi) is 14.3. The fourth-order valence-corrected chi connectivity index (χ4v) is 3.54. The minimum atomic E-state index is -1.58. The number of esters is 1. The zero-order valence-electron chi connectivity index (χ0n) is 18.7. The van der Waals surface area contributed by atoms with Gasteiger partial charge in [-0.1, -0.05) is 72.6 Å². The molecule has 0 aliphatic heterocycles. The van der Waals surface area contributed by atoms with Crippen molar-refractivity contribution in [2.24, 2.45) is 0 Å². The summed E-state index contributed by atoms with van der Waals surface area (Å²) in [5, 5.41) is 21.0. The van der Waals surface area contributed by atoms with Crippen molar-refractivity contribution < 1.29 is 24.5 Å². The number of ether oxygens (including phenoxy) is 1. The van der Waals surface area contributed by atoms with E-state index in [4.69, 9.17) is 4.74 Å². The number of hydrogen-bond acceptors (Lipinski definition) is 4. The van der Waals surface area contributed by atoms with Crippen molar-refractivity contribution in [3.8, 4) is 0 Å². The Balaban J connectivity index is 5.45. The van der Waals surface area contributed by atoms with E-state index in [2.05, 4.69) is 20.8 Å². The summed E-state index contributed by atoms with van der Waals surface area (Å²) in [6.07, 6.45) is 10.7. The van der Waals surface area contributed by atoms with E-state index in [0.29, 0.717) is 38.5 Å². The molecule has 0 rings (SSSR count). The Morgan fingerprint density at radius 2 is 1.07 bits per heavy atom. The van der Waals surface area contributed by atoms with Gasteiger partial charge in [0.1, 0.15) is 0 Å². The van der Waals surface area contributed by atoms with Crippen LogP contribution in [0.4, 0.5) is 0 Å². The minimum Gasteiger partial charge on any atom is -0.478 e. The number of carbonyl (C=O) groups is 2. The molecule has 166 valence electrons. The van der Waals surface area contributed by atoms with Crippen LogP contribution in [0, 0.1) is 0 Å². The van der Waals surface area contributed by atoms with Crippen LogP contribution in [0.3, 0.4) is 0 Å². The van der Waals surface area contributed by atoms with Crippen LogP contribution in [0.2, 0.25) is 0 Å². The predicted octanol–water partition coefficient (Wildman–Crippen LogP) is 6.02. The number of carboxylic acid groups (broad SMARTS) is 1. The van der Waals surface area contributed by atoms with Gasteiger partial charge >= 0.3 is 11.9 Å². The largest absolute Gasteiger partial charge is 0.478 e. The molecule has 0 aromatic rings. The maximum atomic E-state index is 13.0. The lowest BCUT2D eigenvalue weighted by atomic mass is 9.87. The summed E-state index contributed by atoms with van der Waals surface area (Å²) < 4.78 is 5.69. The fraction of sp³-hybridized carbons (Fsp3) is 0.913. The maximum absolute atomic E-state index is 13.0. The van der Waals surface area contributed by atoms with Crippen molar-refractivity contribution in [1.29, 1.82) is 0 Å². The van der Waals surface area contributed by atoms with Gasteiger partial charge in [0.05, 0.1) is 0 Å². The molecule has 0 aliphatic rings. The smallest absolute Gasteiger partial charge is 0.348 e. The van der Waals surface area contributed by atoms with Gasteiger partial charge in [0, 0.05) is 0 Å². The van der Waals surface area contributed by atoms with E-state index in [1.165, 1.54) is 0 Å². The molecule has 0 saturated carbocycles. The summed E-state index contributed by atoms with van der Waals surface area (Å²) in [7, 11) is 0. The number of unbranched alkanes of at least 4 members (excludes halogenated alkanes) is 7. The first-order chi connectivity index (χ1) is 13.3. The molecule has 1 unspecified atom stereocenters. The lowest BCUT2D eigenvalue weighted by molar-refractivity contribution is -0.196. The van der Waals surface area contributed by atoms with Crippen LogP contribution < -0.4 is 0 Å². The Hall–Kier alpha value is -1.10. The zero-order chi connectivity index (χ0) is 21.5. The van der Waals surface area contributed by atoms with Gasteiger partial charge < -0.3 is 14.9 Å². The van der Waals surface area contributed by atoms with Crippen molar-refractivity contribution in [2.45, 2.75) is 135 Å². The average Bonchev–Trinajstić information content (AvgIpc) is 2.66. The van der Waals surface area contributed by atoms with E-state index < -0.39 is 23.1 Å². The van der Waals surface area contributed by atoms with E-state index in [-0.39, 0.29) is 0 Å². The van der Waals surface area contributed by atoms with Crippen LogP contribution in [-0.2, 0) is 14.3 Å². The predicted molar refractivity (Wildman–Crippen MR) is 113 cm³/mol. The van der Waals surface area contributed by atoms with Crippen LogP contribution >= 0.6 is 0 Å². The molecular weight excluding hydrogens is 356 g/mol. The van der Waals surface area contributed by atoms with Gasteiger partial charge in [0.2, 0.25) is 5.60 Å². The molecule has 0 radical (unpaired) electrons. The molecular formula is C23H44O5. The van der Waals surface area contributed by atoms with E-state index in [1.54, 1.807) is 0 Å². The Bertz CT molecular complexity index is 425. The van der Waals surface area contributed by atoms with Crippen LogP contribution in [-0.4, -0.2) is 33.4 Å². The number of carbonyl (C=O) groups excluding carboxylic acids is 1. The molecule has 5 nitrogen and oxygen atoms in total. The van der Waals surface area contributed by atoms with Gasteiger partial charge in [-0.25, -0.2) is 9.59 Å². The Labute approximate surface area is 172 Å². The van der Waals surface area contributed by atoms with Gasteiger partial charge in [-0.05, 0) is 51.4 Å². The second kappa shape index (κ2) is 14.8. The van der Waals surface area contributed by atoms with E-state index in [1.807, 2.05) is 6.92 Å². The molecule has 0 aliphatic carbocycles. The summed E-state index contributed by atoms with van der Waals surface area (Å²) >= 11 is 0. The van der Waals surface area contributed by atoms with Crippen molar-refractivity contribution in [1.82, 2.24) is 0 Å². The van der Waals surface area contributed by atoms with E-state index in [0.717, 1.165) is 57.8 Å². The summed E-state index contributed by atoms with van der Waals surface area (Å²) in [6.45, 7) is 8.19. The van der Waals surface area contributed by atoms with Gasteiger partial charge in [-0.2, -0.15) is 0 Å². The third kappa shape index (κ3) is 9.40. The molecule has 0 fully saturated rings. The SMILES string of the molecule is CCCCCC(O)(CCCCC)C(=O)OC(CCCC)(CCCCC)C(=O)O. The Morgan fingerprint density at radius 3 is 1.46 bits per heavy atom. The van der Waals surface area contributed by atoms with Gasteiger partial charge in [-0.15, -0.1) is 0 Å². The third-order valence-corrected chi connectivity index (χ3v) is 5.56. The highest BCUT2D eigenvalue weighted by molar-refractivity contribution is 5.85. The van der Waals surface area contributed by atoms with Crippen molar-refractivity contribution in [3.05, 3.63) is 0 Å². The topological polar surface area (TPSA) is 83.8 Å². The maximum Gasteiger partial charge on any atom is 0.348 e. The van der Waals surface area contributed by atoms with Crippen molar-refractivity contribution in [3.63, 3.8) is 0 Å². The van der Waals surface area contributed by atoms with E-state index >= 15 is 0 Å². The molecule has 0 bridgehead atoms. The molecule has 0 saturated heterocycles. The third-order valence-electron chi connectivity index (χ3n) is 5.56. The fourth-order valence-electron chi connectivity index (χ4n) is 3.54. The van der Waals surface area contributed by atoms with Crippen LogP contribution in [0.1, 0.15) is 124 Å². The average molecular weight is 401 g/mol. The lowest BCUT2D eigenvalue weighted by Crippen LogP contribution is -2.50. The van der Waals surface area contributed by atoms with Crippen LogP contribution in [0.25, 0.3) is 0 Å². The molecule has 28 heavy (non-hydrogen) atoms. The Morgan fingerprint density at radius 1 is 0.679 bits per heavy atom. The standard InChI is InChI=1S/C23H44O5/c1-5-9-13-16-22(27,17-14-10-6-2)21(26)28-23(20(24)25,18-12-8-4)19-15-11-7-3/h27H,5-19H2,1-4H3,(H,24,25). The highest BCUT2D eigenvalue weighted by atomic mass is 16.6. The van der Waals surface area contributed by atoms with Gasteiger partial charge in [-0.3, -0.25) is 0 Å². The molecule has 0 spiro atoms. The highest BCUT2D eigenvalue weighted by Gasteiger charge is 2.46. The molecule has 0 heterocycles. The summed E-state index contributed by atoms with van der Waals surface area (Å²) in [4.78, 5) is 25.2. The van der Waals surface area contributed by atoms with Gasteiger partial charge in [0.25, 0.3) is 0 Å². The molecule has 5 heteroatoms. The second-order valence-electron chi connectivity index (χ2n) is 8.20. The number of rotatable bonds is 18. The molecule has 0 amide bonds. The lowest BCUT2D eigenvalue weighted by Gasteiger charge is -2.34. The summed E-state index contributed by atoms with van der Waals surface area (Å²) in [5.41, 5.74) is -3.10. The van der Waals surface area contributed by atoms with Crippen LogP contribution in [0.5, 0.6) is 0 Å². The number of carboxylic acids is 1. The number of aliphatic hydroxyl groups is 1. The first-order valence-corrected chi connectivity index (χ1v) is 11.5. The zero-order valence-corrected chi connectivity index (χ0v) is 18.7. The van der Waals surface area contributed by atoms with Gasteiger partial charge in [0.15, 0.2) is 5.60 Å². The molecule has 2 N–H and O–H groups in total. The van der Waals surface area contributed by atoms with Crippen LogP contribution in [0.15, 0.2) is 0 Å². The summed E-state index contributed by atoms with van der Waals surface area (Å²) in [5.74, 6) is -1.83. The highest BCUT2D eigenvalue weighted by Crippen LogP contribution is 2.32. The quantitative estimate of drug-likeness (QED) is 0.217. The normalized spacial score (nSPS) is 13.9. The van der Waals surface area contributed by atoms with Crippen molar-refractivity contribution >= 4 is 11.9 Å². The monoisotopic (exact) mass is 400 g/mol. The summed E-state index contributed by atoms with van der Waals surface area (Å²) in [6, 6.07) is 0. The first-order valence-electron chi connectivity index (χ1n) is 11.5. The number of aliphatic carboxylic acids is 1. The van der Waals surface area contributed by atoms with Crippen molar-refractivity contribution in [2.75, 3.05) is 0 Å². The second-order valence-corrected chi connectivity index (χ2v) is 8.20. The first kappa shape index (κ1) is 26.9. The molecule has 1 atom stereocenters. The molecule has 0 aromatic heterocycles. The number of hydrogen-bond donors (Lipinski definition) is 2. The molecule has 0 aromatic carbocycles. The van der Waals surface area contributed by atoms with E-state index in [9.17, 15) is 19.8 Å². The minimum absolute atomic E-state index is 0.300.